The number of aromatic nitrogens is 1. The second-order valence-electron chi connectivity index (χ2n) is 3.89. The normalized spacial score (nSPS) is 11.8. The Hall–Kier alpha value is -2.21. The molecule has 1 unspecified atom stereocenters. The molecule has 0 saturated heterocycles. The number of thiol groups is 1. The third-order valence-corrected chi connectivity index (χ3v) is 3.21. The molecule has 1 aromatic heterocycles. The Morgan fingerprint density at radius 2 is 1.89 bits per heavy atom. The van der Waals surface area contributed by atoms with Crippen LogP contribution in [0.2, 0.25) is 0 Å². The molecule has 0 aliphatic heterocycles. The first-order valence-corrected chi connectivity index (χ1v) is 5.97. The summed E-state index contributed by atoms with van der Waals surface area (Å²) in [6, 6.07) is 9.91. The van der Waals surface area contributed by atoms with Crippen LogP contribution in [0.5, 0.6) is 0 Å². The van der Waals surface area contributed by atoms with Gasteiger partial charge >= 0.3 is 0 Å². The molecule has 2 rings (SSSR count). The van der Waals surface area contributed by atoms with Crippen LogP contribution < -0.4 is 0 Å². The highest BCUT2D eigenvalue weighted by Gasteiger charge is 2.13. The average Bonchev–Trinajstić information content (AvgIpc) is 2.46. The van der Waals surface area contributed by atoms with Crippen LogP contribution in [-0.2, 0) is 0 Å². The van der Waals surface area contributed by atoms with Crippen molar-refractivity contribution in [3.05, 3.63) is 69.5 Å². The summed E-state index contributed by atoms with van der Waals surface area (Å²) >= 11 is 4.44. The van der Waals surface area contributed by atoms with E-state index in [-0.39, 0.29) is 10.9 Å². The summed E-state index contributed by atoms with van der Waals surface area (Å²) in [7, 11) is 0. The minimum atomic E-state index is -0.497. The van der Waals surface area contributed by atoms with Gasteiger partial charge in [0.2, 0.25) is 0 Å². The highest BCUT2D eigenvalue weighted by Crippen LogP contribution is 2.27. The van der Waals surface area contributed by atoms with Gasteiger partial charge in [-0.1, -0.05) is 24.3 Å². The molecule has 0 aliphatic rings. The molecule has 96 valence electrons. The molecule has 0 N–H and O–H groups in total. The summed E-state index contributed by atoms with van der Waals surface area (Å²) in [5.41, 5.74) is 2.02. The molecule has 6 heteroatoms. The zero-order chi connectivity index (χ0) is 13.8. The van der Waals surface area contributed by atoms with Crippen molar-refractivity contribution in [1.82, 2.24) is 4.98 Å². The zero-order valence-electron chi connectivity index (χ0n) is 9.76. The number of nitrogens with zero attached hydrogens (tertiary/aromatic N) is 2. The molecule has 0 radical (unpaired) electrons. The van der Waals surface area contributed by atoms with Gasteiger partial charge in [0.15, 0.2) is 0 Å². The minimum Gasteiger partial charge on any atom is -0.298 e. The van der Waals surface area contributed by atoms with Gasteiger partial charge in [0.1, 0.15) is 12.5 Å². The predicted octanol–water partition coefficient (Wildman–Crippen LogP) is 2.82. The second kappa shape index (κ2) is 5.62. The highest BCUT2D eigenvalue weighted by molar-refractivity contribution is 7.80. The van der Waals surface area contributed by atoms with E-state index >= 15 is 0 Å². The van der Waals surface area contributed by atoms with E-state index in [1.807, 2.05) is 0 Å². The first kappa shape index (κ1) is 13.2. The van der Waals surface area contributed by atoms with Crippen LogP contribution in [0.1, 0.15) is 26.9 Å². The lowest BCUT2D eigenvalue weighted by Gasteiger charge is -2.10. The van der Waals surface area contributed by atoms with Crippen molar-refractivity contribution in [2.45, 2.75) is 5.25 Å². The van der Waals surface area contributed by atoms with Crippen molar-refractivity contribution in [1.29, 1.82) is 0 Å². The number of pyridine rings is 1. The van der Waals surface area contributed by atoms with E-state index in [1.165, 1.54) is 12.3 Å². The Morgan fingerprint density at radius 3 is 2.37 bits per heavy atom. The van der Waals surface area contributed by atoms with Gasteiger partial charge in [0.25, 0.3) is 5.69 Å². The summed E-state index contributed by atoms with van der Waals surface area (Å²) < 4.78 is 0. The smallest absolute Gasteiger partial charge is 0.287 e. The third kappa shape index (κ3) is 2.97. The first-order chi connectivity index (χ1) is 9.11. The lowest BCUT2D eigenvalue weighted by atomic mass is 10.1. The molecule has 0 bridgehead atoms. The molecule has 0 saturated carbocycles. The van der Waals surface area contributed by atoms with Crippen molar-refractivity contribution >= 4 is 24.6 Å². The van der Waals surface area contributed by atoms with Crippen molar-refractivity contribution in [2.75, 3.05) is 0 Å². The van der Waals surface area contributed by atoms with Crippen LogP contribution in [0, 0.1) is 10.1 Å². The molecule has 5 nitrogen and oxygen atoms in total. The number of carbonyl (C=O) groups excluding carboxylic acids is 1. The second-order valence-corrected chi connectivity index (χ2v) is 4.40. The summed E-state index contributed by atoms with van der Waals surface area (Å²) in [5.74, 6) is 0. The van der Waals surface area contributed by atoms with Crippen LogP contribution in [0.15, 0.2) is 42.6 Å². The van der Waals surface area contributed by atoms with Gasteiger partial charge in [-0.15, -0.1) is 0 Å². The largest absolute Gasteiger partial charge is 0.298 e. The maximum absolute atomic E-state index is 10.6. The fourth-order valence-electron chi connectivity index (χ4n) is 1.59. The fraction of sp³-hybridized carbons (Fsp3) is 0.0769. The van der Waals surface area contributed by atoms with Crippen LogP contribution in [-0.4, -0.2) is 16.2 Å². The van der Waals surface area contributed by atoms with Gasteiger partial charge in [-0.2, -0.15) is 12.6 Å². The number of hydrogen-bond acceptors (Lipinski definition) is 5. The Kier molecular flexibility index (Phi) is 3.91. The number of hydrogen-bond donors (Lipinski definition) is 1. The average molecular weight is 274 g/mol. The number of benzene rings is 1. The SMILES string of the molecule is O=Cc1ccc(C(S)c2ccc([N+](=O)[O-])cn2)cc1. The van der Waals surface area contributed by atoms with Crippen LogP contribution >= 0.6 is 12.6 Å². The van der Waals surface area contributed by atoms with Gasteiger partial charge in [-0.3, -0.25) is 19.9 Å². The standard InChI is InChI=1S/C13H10N2O3S/c16-8-9-1-3-10(4-2-9)13(19)12-6-5-11(7-14-12)15(17)18/h1-8,13,19H. The van der Waals surface area contributed by atoms with E-state index in [0.717, 1.165) is 11.8 Å². The molecule has 1 aromatic carbocycles. The fourth-order valence-corrected chi connectivity index (χ4v) is 1.92. The summed E-state index contributed by atoms with van der Waals surface area (Å²) in [6.45, 7) is 0. The topological polar surface area (TPSA) is 73.1 Å². The van der Waals surface area contributed by atoms with Gasteiger partial charge in [-0.05, 0) is 11.6 Å². The molecule has 19 heavy (non-hydrogen) atoms. The predicted molar refractivity (Wildman–Crippen MR) is 73.5 cm³/mol. The lowest BCUT2D eigenvalue weighted by molar-refractivity contribution is -0.385. The monoisotopic (exact) mass is 274 g/mol. The number of nitro groups is 1. The molecule has 1 atom stereocenters. The molecule has 0 fully saturated rings. The minimum absolute atomic E-state index is 0.0550. The molecule has 1 heterocycles. The Labute approximate surface area is 114 Å². The van der Waals surface area contributed by atoms with Crippen LogP contribution in [0.4, 0.5) is 5.69 Å². The number of aldehydes is 1. The summed E-state index contributed by atoms with van der Waals surface area (Å²) in [4.78, 5) is 24.6. The molecular weight excluding hydrogens is 264 g/mol. The van der Waals surface area contributed by atoms with Crippen molar-refractivity contribution in [3.8, 4) is 0 Å². The molecule has 0 spiro atoms. The van der Waals surface area contributed by atoms with E-state index in [9.17, 15) is 14.9 Å². The maximum Gasteiger partial charge on any atom is 0.287 e. The summed E-state index contributed by atoms with van der Waals surface area (Å²) in [5, 5.41) is 10.2. The van der Waals surface area contributed by atoms with Gasteiger partial charge < -0.3 is 0 Å². The number of rotatable bonds is 4. The van der Waals surface area contributed by atoms with Crippen molar-refractivity contribution < 1.29 is 9.72 Å². The first-order valence-electron chi connectivity index (χ1n) is 5.45. The Balaban J connectivity index is 2.24. The van der Waals surface area contributed by atoms with Gasteiger partial charge in [-0.25, -0.2) is 0 Å². The molecule has 0 amide bonds. The van der Waals surface area contributed by atoms with Crippen LogP contribution in [0.25, 0.3) is 0 Å². The quantitative estimate of drug-likeness (QED) is 0.402. The van der Waals surface area contributed by atoms with E-state index in [1.54, 1.807) is 30.3 Å². The van der Waals surface area contributed by atoms with Gasteiger partial charge in [0, 0.05) is 11.6 Å². The van der Waals surface area contributed by atoms with Crippen molar-refractivity contribution in [2.24, 2.45) is 0 Å². The summed E-state index contributed by atoms with van der Waals surface area (Å²) in [6.07, 6.45) is 1.97. The lowest BCUT2D eigenvalue weighted by Crippen LogP contribution is -1.98. The highest BCUT2D eigenvalue weighted by atomic mass is 32.1. The number of carbonyl (C=O) groups is 1. The Morgan fingerprint density at radius 1 is 1.21 bits per heavy atom. The van der Waals surface area contributed by atoms with Gasteiger partial charge in [0.05, 0.1) is 15.9 Å². The molecular formula is C13H10N2O3S. The zero-order valence-corrected chi connectivity index (χ0v) is 10.7. The molecule has 0 aliphatic carbocycles. The third-order valence-electron chi connectivity index (χ3n) is 2.65. The van der Waals surface area contributed by atoms with E-state index in [0.29, 0.717) is 11.3 Å². The van der Waals surface area contributed by atoms with E-state index in [2.05, 4.69) is 17.6 Å². The van der Waals surface area contributed by atoms with E-state index in [4.69, 9.17) is 0 Å². The molecule has 2 aromatic rings. The Bertz CT molecular complexity index is 596. The van der Waals surface area contributed by atoms with Crippen molar-refractivity contribution in [3.63, 3.8) is 0 Å². The van der Waals surface area contributed by atoms with Crippen LogP contribution in [0.3, 0.4) is 0 Å². The van der Waals surface area contributed by atoms with E-state index < -0.39 is 4.92 Å². The maximum atomic E-state index is 10.6.